The van der Waals surface area contributed by atoms with Gasteiger partial charge in [0.05, 0.1) is 20.0 Å². The molecule has 1 aromatic carbocycles. The quantitative estimate of drug-likeness (QED) is 0.409. The Balaban J connectivity index is 1.87. The number of aromatic nitrogens is 4. The first-order valence-electron chi connectivity index (χ1n) is 8.46. The standard InChI is InChI=1S/C19H18N4O3S2/c1-12-7-8-15(26-12)18-21-22-19(28-11-16-20-9-10-27-16)23(18)17-13(24-2)5-4-6-14(17)25-3/h4-10H,11H2,1-3H3. The summed E-state index contributed by atoms with van der Waals surface area (Å²) >= 11 is 3.15. The van der Waals surface area contributed by atoms with Gasteiger partial charge in [0.2, 0.25) is 5.82 Å². The fourth-order valence-corrected chi connectivity index (χ4v) is 4.36. The predicted octanol–water partition coefficient (Wildman–Crippen LogP) is 4.60. The molecule has 0 atom stereocenters. The molecule has 28 heavy (non-hydrogen) atoms. The number of thiazole rings is 1. The Morgan fingerprint density at radius 2 is 1.89 bits per heavy atom. The van der Waals surface area contributed by atoms with Gasteiger partial charge in [0, 0.05) is 11.6 Å². The summed E-state index contributed by atoms with van der Waals surface area (Å²) in [6.45, 7) is 1.89. The molecule has 144 valence electrons. The third kappa shape index (κ3) is 3.50. The van der Waals surface area contributed by atoms with Crippen molar-refractivity contribution in [3.63, 3.8) is 0 Å². The van der Waals surface area contributed by atoms with Gasteiger partial charge in [-0.15, -0.1) is 21.5 Å². The number of rotatable bonds is 7. The summed E-state index contributed by atoms with van der Waals surface area (Å²) in [6, 6.07) is 9.42. The first-order valence-corrected chi connectivity index (χ1v) is 10.3. The van der Waals surface area contributed by atoms with E-state index in [0.717, 1.165) is 16.5 Å². The first kappa shape index (κ1) is 18.6. The first-order chi connectivity index (χ1) is 13.7. The number of hydrogen-bond donors (Lipinski definition) is 0. The molecule has 0 spiro atoms. The Hall–Kier alpha value is -2.78. The maximum atomic E-state index is 5.82. The Labute approximate surface area is 170 Å². The zero-order valence-corrected chi connectivity index (χ0v) is 17.2. The molecule has 0 bridgehead atoms. The third-order valence-electron chi connectivity index (χ3n) is 4.03. The molecule has 0 saturated carbocycles. The molecule has 3 aromatic heterocycles. The summed E-state index contributed by atoms with van der Waals surface area (Å²) in [5, 5.41) is 12.5. The lowest BCUT2D eigenvalue weighted by Gasteiger charge is -2.16. The monoisotopic (exact) mass is 414 g/mol. The van der Waals surface area contributed by atoms with Crippen molar-refractivity contribution in [2.45, 2.75) is 17.8 Å². The number of ether oxygens (including phenoxy) is 2. The van der Waals surface area contributed by atoms with Crippen LogP contribution in [0.1, 0.15) is 10.8 Å². The van der Waals surface area contributed by atoms with Gasteiger partial charge < -0.3 is 13.9 Å². The highest BCUT2D eigenvalue weighted by Crippen LogP contribution is 2.39. The largest absolute Gasteiger partial charge is 0.494 e. The summed E-state index contributed by atoms with van der Waals surface area (Å²) < 4.78 is 18.9. The van der Waals surface area contributed by atoms with Crippen LogP contribution in [0.4, 0.5) is 0 Å². The van der Waals surface area contributed by atoms with E-state index in [0.29, 0.717) is 34.0 Å². The van der Waals surface area contributed by atoms with E-state index in [1.54, 1.807) is 43.5 Å². The van der Waals surface area contributed by atoms with E-state index in [1.807, 2.05) is 47.2 Å². The summed E-state index contributed by atoms with van der Waals surface area (Å²) in [5.41, 5.74) is 0.725. The van der Waals surface area contributed by atoms with Crippen LogP contribution in [0.5, 0.6) is 11.5 Å². The molecule has 4 rings (SSSR count). The van der Waals surface area contributed by atoms with Crippen molar-refractivity contribution in [3.05, 3.63) is 52.7 Å². The van der Waals surface area contributed by atoms with Gasteiger partial charge in [-0.3, -0.25) is 4.57 Å². The van der Waals surface area contributed by atoms with Crippen molar-refractivity contribution in [2.24, 2.45) is 0 Å². The molecule has 0 aliphatic rings. The highest BCUT2D eigenvalue weighted by atomic mass is 32.2. The molecule has 0 fully saturated rings. The van der Waals surface area contributed by atoms with Crippen LogP contribution >= 0.6 is 23.1 Å². The fourth-order valence-electron chi connectivity index (χ4n) is 2.78. The average molecular weight is 415 g/mol. The maximum absolute atomic E-state index is 5.82. The Bertz CT molecular complexity index is 1050. The molecule has 4 aromatic rings. The fraction of sp³-hybridized carbons (Fsp3) is 0.211. The van der Waals surface area contributed by atoms with Gasteiger partial charge in [-0.25, -0.2) is 4.98 Å². The minimum Gasteiger partial charge on any atom is -0.494 e. The zero-order chi connectivity index (χ0) is 19.5. The van der Waals surface area contributed by atoms with Crippen LogP contribution in [-0.2, 0) is 5.75 Å². The Morgan fingerprint density at radius 3 is 2.50 bits per heavy atom. The Kier molecular flexibility index (Phi) is 5.36. The average Bonchev–Trinajstić information content (AvgIpc) is 3.46. The number of thioether (sulfide) groups is 1. The summed E-state index contributed by atoms with van der Waals surface area (Å²) in [4.78, 5) is 4.34. The number of methoxy groups -OCH3 is 2. The predicted molar refractivity (Wildman–Crippen MR) is 109 cm³/mol. The molecule has 9 heteroatoms. The van der Waals surface area contributed by atoms with Crippen molar-refractivity contribution >= 4 is 23.1 Å². The molecule has 0 radical (unpaired) electrons. The van der Waals surface area contributed by atoms with Gasteiger partial charge in [-0.05, 0) is 31.2 Å². The number of benzene rings is 1. The molecule has 0 saturated heterocycles. The lowest BCUT2D eigenvalue weighted by atomic mass is 10.2. The zero-order valence-electron chi connectivity index (χ0n) is 15.6. The minimum absolute atomic E-state index is 0.581. The number of aryl methyl sites for hydroxylation is 1. The maximum Gasteiger partial charge on any atom is 0.205 e. The van der Waals surface area contributed by atoms with Gasteiger partial charge in [0.1, 0.15) is 28.0 Å². The van der Waals surface area contributed by atoms with Gasteiger partial charge >= 0.3 is 0 Å². The van der Waals surface area contributed by atoms with Crippen LogP contribution in [-0.4, -0.2) is 34.0 Å². The van der Waals surface area contributed by atoms with Crippen molar-refractivity contribution in [1.29, 1.82) is 0 Å². The van der Waals surface area contributed by atoms with E-state index < -0.39 is 0 Å². The molecule has 0 unspecified atom stereocenters. The number of furan rings is 1. The molecule has 0 amide bonds. The van der Waals surface area contributed by atoms with Crippen molar-refractivity contribution < 1.29 is 13.9 Å². The van der Waals surface area contributed by atoms with E-state index in [2.05, 4.69) is 15.2 Å². The van der Waals surface area contributed by atoms with Crippen molar-refractivity contribution in [1.82, 2.24) is 19.7 Å². The van der Waals surface area contributed by atoms with E-state index in [1.165, 1.54) is 0 Å². The highest BCUT2D eigenvalue weighted by molar-refractivity contribution is 7.98. The van der Waals surface area contributed by atoms with E-state index in [9.17, 15) is 0 Å². The lowest BCUT2D eigenvalue weighted by molar-refractivity contribution is 0.390. The van der Waals surface area contributed by atoms with E-state index in [-0.39, 0.29) is 0 Å². The van der Waals surface area contributed by atoms with E-state index >= 15 is 0 Å². The second-order valence-corrected chi connectivity index (χ2v) is 7.70. The number of hydrogen-bond acceptors (Lipinski definition) is 8. The molecule has 0 aliphatic carbocycles. The van der Waals surface area contributed by atoms with Crippen molar-refractivity contribution in [3.8, 4) is 28.8 Å². The minimum atomic E-state index is 0.581. The van der Waals surface area contributed by atoms with Gasteiger partial charge in [-0.1, -0.05) is 17.8 Å². The molecule has 0 N–H and O–H groups in total. The smallest absolute Gasteiger partial charge is 0.205 e. The second-order valence-electron chi connectivity index (χ2n) is 5.78. The normalized spacial score (nSPS) is 11.0. The van der Waals surface area contributed by atoms with E-state index in [4.69, 9.17) is 13.9 Å². The highest BCUT2D eigenvalue weighted by Gasteiger charge is 2.24. The summed E-state index contributed by atoms with van der Waals surface area (Å²) in [7, 11) is 3.25. The van der Waals surface area contributed by atoms with Crippen LogP contribution in [0.25, 0.3) is 17.3 Å². The number of nitrogens with zero attached hydrogens (tertiary/aromatic N) is 4. The van der Waals surface area contributed by atoms with Crippen LogP contribution in [0.2, 0.25) is 0 Å². The van der Waals surface area contributed by atoms with Gasteiger partial charge in [0.25, 0.3) is 0 Å². The second kappa shape index (κ2) is 8.07. The summed E-state index contributed by atoms with van der Waals surface area (Å²) in [5.74, 6) is 3.99. The van der Waals surface area contributed by atoms with Gasteiger partial charge in [-0.2, -0.15) is 0 Å². The molecule has 7 nitrogen and oxygen atoms in total. The SMILES string of the molecule is COc1cccc(OC)c1-n1c(SCc2nccs2)nnc1-c1ccc(C)o1. The lowest BCUT2D eigenvalue weighted by Crippen LogP contribution is -2.04. The summed E-state index contributed by atoms with van der Waals surface area (Å²) in [6.07, 6.45) is 1.80. The van der Waals surface area contributed by atoms with Crippen LogP contribution in [0.15, 0.2) is 51.5 Å². The Morgan fingerprint density at radius 1 is 1.11 bits per heavy atom. The van der Waals surface area contributed by atoms with Gasteiger partial charge in [0.15, 0.2) is 10.9 Å². The van der Waals surface area contributed by atoms with Crippen LogP contribution < -0.4 is 9.47 Å². The van der Waals surface area contributed by atoms with Crippen LogP contribution in [0.3, 0.4) is 0 Å². The van der Waals surface area contributed by atoms with Crippen molar-refractivity contribution in [2.75, 3.05) is 14.2 Å². The third-order valence-corrected chi connectivity index (χ3v) is 5.93. The van der Waals surface area contributed by atoms with Crippen LogP contribution in [0, 0.1) is 6.92 Å². The number of para-hydroxylation sites is 1. The molecular weight excluding hydrogens is 396 g/mol. The molecule has 3 heterocycles. The molecule has 0 aliphatic heterocycles. The topological polar surface area (TPSA) is 75.2 Å². The molecular formula is C19H18N4O3S2.